The minimum absolute atomic E-state index is 0.255. The first-order valence-electron chi connectivity index (χ1n) is 5.79. The van der Waals surface area contributed by atoms with Crippen molar-refractivity contribution >= 4 is 17.6 Å². The van der Waals surface area contributed by atoms with Crippen molar-refractivity contribution < 1.29 is 9.53 Å². The molecule has 4 atom stereocenters. The highest BCUT2D eigenvalue weighted by Gasteiger charge is 2.54. The molecule has 0 aliphatic heterocycles. The largest absolute Gasteiger partial charge is 0.459 e. The van der Waals surface area contributed by atoms with Crippen molar-refractivity contribution in [1.29, 1.82) is 5.26 Å². The van der Waals surface area contributed by atoms with E-state index >= 15 is 0 Å². The molecule has 0 saturated heterocycles. The quantitative estimate of drug-likeness (QED) is 0.564. The van der Waals surface area contributed by atoms with E-state index in [0.717, 1.165) is 19.3 Å². The molecule has 2 saturated carbocycles. The number of hydrogen-bond acceptors (Lipinski definition) is 3. The highest BCUT2D eigenvalue weighted by Crippen LogP contribution is 2.54. The van der Waals surface area contributed by atoms with Crippen LogP contribution < -0.4 is 0 Å². The summed E-state index contributed by atoms with van der Waals surface area (Å²) in [5.41, 5.74) is -0.448. The smallest absolute Gasteiger partial charge is 0.303 e. The molecular formula is C12H16ClNO2. The van der Waals surface area contributed by atoms with Crippen molar-refractivity contribution in [2.75, 3.05) is 0 Å². The molecule has 2 bridgehead atoms. The number of esters is 1. The summed E-state index contributed by atoms with van der Waals surface area (Å²) in [6.07, 6.45) is 4.83. The third-order valence-corrected chi connectivity index (χ3v) is 4.18. The number of carbonyl (C=O) groups excluding carboxylic acids is 1. The first-order chi connectivity index (χ1) is 7.55. The number of ether oxygens (including phenoxy) is 1. The van der Waals surface area contributed by atoms with Crippen LogP contribution >= 0.6 is 11.6 Å². The molecule has 0 aromatic heterocycles. The third-order valence-electron chi connectivity index (χ3n) is 3.93. The van der Waals surface area contributed by atoms with E-state index in [1.807, 2.05) is 6.07 Å². The molecule has 2 fully saturated rings. The van der Waals surface area contributed by atoms with Gasteiger partial charge in [-0.05, 0) is 37.5 Å². The molecule has 0 aromatic carbocycles. The lowest BCUT2D eigenvalue weighted by Crippen LogP contribution is -2.42. The maximum absolute atomic E-state index is 11.2. The van der Waals surface area contributed by atoms with Crippen molar-refractivity contribution in [3.63, 3.8) is 0 Å². The molecule has 2 aliphatic rings. The summed E-state index contributed by atoms with van der Waals surface area (Å²) >= 11 is 5.90. The highest BCUT2D eigenvalue weighted by atomic mass is 35.5. The van der Waals surface area contributed by atoms with Gasteiger partial charge in [0.1, 0.15) is 11.0 Å². The molecule has 2 aliphatic carbocycles. The zero-order valence-corrected chi connectivity index (χ0v) is 10.2. The lowest BCUT2D eigenvalue weighted by molar-refractivity contribution is -0.163. The molecule has 16 heavy (non-hydrogen) atoms. The van der Waals surface area contributed by atoms with E-state index in [4.69, 9.17) is 21.6 Å². The van der Waals surface area contributed by atoms with Gasteiger partial charge < -0.3 is 4.74 Å². The summed E-state index contributed by atoms with van der Waals surface area (Å²) in [6.45, 7) is 1.43. The Labute approximate surface area is 101 Å². The molecule has 0 heterocycles. The Kier molecular flexibility index (Phi) is 3.12. The van der Waals surface area contributed by atoms with Crippen molar-refractivity contribution in [3.05, 3.63) is 0 Å². The fraction of sp³-hybridized carbons (Fsp3) is 0.833. The number of halogens is 1. The summed E-state index contributed by atoms with van der Waals surface area (Å²) in [4.78, 5) is 11.2. The first-order valence-corrected chi connectivity index (χ1v) is 6.22. The predicted octanol–water partition coefficient (Wildman–Crippen LogP) is 2.63. The van der Waals surface area contributed by atoms with Crippen LogP contribution in [0, 0.1) is 23.2 Å². The molecule has 0 radical (unpaired) electrons. The van der Waals surface area contributed by atoms with Gasteiger partial charge in [0.25, 0.3) is 0 Å². The van der Waals surface area contributed by atoms with Crippen LogP contribution in [-0.2, 0) is 9.53 Å². The predicted molar refractivity (Wildman–Crippen MR) is 59.8 cm³/mol. The molecule has 88 valence electrons. The van der Waals surface area contributed by atoms with Crippen molar-refractivity contribution in [2.24, 2.45) is 11.8 Å². The summed E-state index contributed by atoms with van der Waals surface area (Å²) in [7, 11) is 0. The summed E-state index contributed by atoms with van der Waals surface area (Å²) in [6, 6.07) is 2.02. The number of alkyl halides is 1. The van der Waals surface area contributed by atoms with Crippen LogP contribution in [0.5, 0.6) is 0 Å². The number of nitriles is 1. The molecule has 4 heteroatoms. The Balaban J connectivity index is 2.14. The zero-order chi connectivity index (χ0) is 11.8. The number of nitrogens with zero attached hydrogens (tertiary/aromatic N) is 1. The average Bonchev–Trinajstić information content (AvgIpc) is 2.76. The number of carbonyl (C=O) groups is 1. The second-order valence-corrected chi connectivity index (χ2v) is 5.57. The summed E-state index contributed by atoms with van der Waals surface area (Å²) < 4.78 is 5.53. The standard InChI is InChI=1S/C12H16ClNO2/c1-8(15)16-12(6-11(13)7-14)5-9-2-3-10(12)4-9/h9-11H,2-6H2,1H3. The minimum Gasteiger partial charge on any atom is -0.459 e. The van der Waals surface area contributed by atoms with Crippen molar-refractivity contribution in [3.8, 4) is 6.07 Å². The van der Waals surface area contributed by atoms with Crippen LogP contribution in [0.2, 0.25) is 0 Å². The Morgan fingerprint density at radius 2 is 2.44 bits per heavy atom. The monoisotopic (exact) mass is 241 g/mol. The Bertz CT molecular complexity index is 338. The maximum atomic E-state index is 11.2. The van der Waals surface area contributed by atoms with E-state index in [2.05, 4.69) is 0 Å². The lowest BCUT2D eigenvalue weighted by atomic mass is 9.80. The van der Waals surface area contributed by atoms with E-state index < -0.39 is 11.0 Å². The third kappa shape index (κ3) is 2.04. The van der Waals surface area contributed by atoms with Crippen LogP contribution in [0.1, 0.15) is 39.0 Å². The second-order valence-electron chi connectivity index (χ2n) is 5.04. The van der Waals surface area contributed by atoms with Gasteiger partial charge in [-0.2, -0.15) is 5.26 Å². The average molecular weight is 242 g/mol. The van der Waals surface area contributed by atoms with E-state index in [0.29, 0.717) is 18.3 Å². The van der Waals surface area contributed by atoms with E-state index in [9.17, 15) is 4.79 Å². The van der Waals surface area contributed by atoms with Crippen LogP contribution in [-0.4, -0.2) is 16.9 Å². The fourth-order valence-corrected chi connectivity index (χ4v) is 3.71. The van der Waals surface area contributed by atoms with Gasteiger partial charge in [0.2, 0.25) is 0 Å². The molecule has 0 aromatic rings. The van der Waals surface area contributed by atoms with Crippen molar-refractivity contribution in [2.45, 2.75) is 50.0 Å². The van der Waals surface area contributed by atoms with Crippen molar-refractivity contribution in [1.82, 2.24) is 0 Å². The molecule has 3 nitrogen and oxygen atoms in total. The normalized spacial score (nSPS) is 38.1. The fourth-order valence-electron chi connectivity index (χ4n) is 3.45. The molecule has 0 amide bonds. The SMILES string of the molecule is CC(=O)OC1(CC(Cl)C#N)CC2CCC1C2. The van der Waals surface area contributed by atoms with Gasteiger partial charge in [-0.25, -0.2) is 0 Å². The van der Waals surface area contributed by atoms with Gasteiger partial charge in [-0.15, -0.1) is 11.6 Å². The van der Waals surface area contributed by atoms with Crippen LogP contribution in [0.15, 0.2) is 0 Å². The Morgan fingerprint density at radius 1 is 1.69 bits per heavy atom. The molecular weight excluding hydrogens is 226 g/mol. The van der Waals surface area contributed by atoms with Crippen LogP contribution in [0.3, 0.4) is 0 Å². The van der Waals surface area contributed by atoms with E-state index in [1.165, 1.54) is 13.3 Å². The number of hydrogen-bond donors (Lipinski definition) is 0. The zero-order valence-electron chi connectivity index (χ0n) is 9.41. The molecule has 2 rings (SSSR count). The first kappa shape index (κ1) is 11.7. The summed E-state index contributed by atoms with van der Waals surface area (Å²) in [5.74, 6) is 0.817. The number of rotatable bonds is 3. The van der Waals surface area contributed by atoms with Gasteiger partial charge in [0, 0.05) is 13.3 Å². The topological polar surface area (TPSA) is 50.1 Å². The maximum Gasteiger partial charge on any atom is 0.303 e. The van der Waals surface area contributed by atoms with Crippen LogP contribution in [0.4, 0.5) is 0 Å². The number of fused-ring (bicyclic) bond motifs is 2. The minimum atomic E-state index is -0.557. The van der Waals surface area contributed by atoms with Gasteiger partial charge >= 0.3 is 5.97 Å². The van der Waals surface area contributed by atoms with Gasteiger partial charge in [-0.3, -0.25) is 4.79 Å². The Hall–Kier alpha value is -0.750. The van der Waals surface area contributed by atoms with Crippen LogP contribution in [0.25, 0.3) is 0 Å². The molecule has 4 unspecified atom stereocenters. The van der Waals surface area contributed by atoms with E-state index in [1.54, 1.807) is 0 Å². The van der Waals surface area contributed by atoms with Gasteiger partial charge in [-0.1, -0.05) is 0 Å². The van der Waals surface area contributed by atoms with E-state index in [-0.39, 0.29) is 5.97 Å². The lowest BCUT2D eigenvalue weighted by Gasteiger charge is -2.37. The van der Waals surface area contributed by atoms with Gasteiger partial charge in [0.05, 0.1) is 6.07 Å². The van der Waals surface area contributed by atoms with Gasteiger partial charge in [0.15, 0.2) is 0 Å². The second kappa shape index (κ2) is 4.25. The Morgan fingerprint density at radius 3 is 2.88 bits per heavy atom. The molecule has 0 N–H and O–H groups in total. The highest BCUT2D eigenvalue weighted by molar-refractivity contribution is 6.22. The molecule has 0 spiro atoms. The summed E-state index contributed by atoms with van der Waals surface area (Å²) in [5, 5.41) is 8.23.